The molecule has 0 fully saturated rings. The van der Waals surface area contributed by atoms with Crippen LogP contribution in [0.4, 0.5) is 10.2 Å². The molecule has 1 aliphatic rings. The summed E-state index contributed by atoms with van der Waals surface area (Å²) in [5, 5.41) is 3.56. The maximum atomic E-state index is 13.8. The van der Waals surface area contributed by atoms with Gasteiger partial charge in [0.2, 0.25) is 5.91 Å². The lowest BCUT2D eigenvalue weighted by atomic mass is 9.91. The van der Waals surface area contributed by atoms with Crippen molar-refractivity contribution in [2.24, 2.45) is 0 Å². The number of hydrogen-bond donors (Lipinski definition) is 1. The van der Waals surface area contributed by atoms with Crippen molar-refractivity contribution in [2.75, 3.05) is 5.32 Å². The number of carbonyl (C=O) groups is 1. The van der Waals surface area contributed by atoms with Crippen LogP contribution in [0, 0.1) is 5.82 Å². The first-order chi connectivity index (χ1) is 16.5. The van der Waals surface area contributed by atoms with Crippen LogP contribution in [0.15, 0.2) is 72.8 Å². The van der Waals surface area contributed by atoms with Crippen LogP contribution in [0.5, 0.6) is 0 Å². The summed E-state index contributed by atoms with van der Waals surface area (Å²) in [7, 11) is 0. The van der Waals surface area contributed by atoms with E-state index in [4.69, 9.17) is 21.6 Å². The highest BCUT2D eigenvalue weighted by atomic mass is 35.5. The fourth-order valence-electron chi connectivity index (χ4n) is 4.04. The molecule has 5 rings (SSSR count). The van der Waals surface area contributed by atoms with Gasteiger partial charge in [-0.3, -0.25) is 4.79 Å². The molecule has 0 unspecified atom stereocenters. The van der Waals surface area contributed by atoms with Crippen molar-refractivity contribution in [3.63, 3.8) is 0 Å². The van der Waals surface area contributed by atoms with Crippen molar-refractivity contribution >= 4 is 35.5 Å². The number of hydrogen-bond acceptors (Lipinski definition) is 3. The highest BCUT2D eigenvalue weighted by molar-refractivity contribution is 6.30. The van der Waals surface area contributed by atoms with Gasteiger partial charge in [-0.15, -0.1) is 0 Å². The Morgan fingerprint density at radius 1 is 0.971 bits per heavy atom. The SMILES string of the molecule is O=C(Cc1ccc(Cl)cc1)Nc1nc2c(nc1/C=C/c1ccccc1)-c1ccc(F)cc1CC2. The number of aromatic nitrogens is 2. The van der Waals surface area contributed by atoms with Gasteiger partial charge < -0.3 is 5.32 Å². The predicted molar refractivity (Wildman–Crippen MR) is 134 cm³/mol. The Balaban J connectivity index is 1.50. The van der Waals surface area contributed by atoms with E-state index in [0.717, 1.165) is 33.6 Å². The summed E-state index contributed by atoms with van der Waals surface area (Å²) in [6.45, 7) is 0. The first-order valence-corrected chi connectivity index (χ1v) is 11.4. The molecule has 1 aromatic heterocycles. The fourth-order valence-corrected chi connectivity index (χ4v) is 4.16. The van der Waals surface area contributed by atoms with Crippen LogP contribution in [-0.2, 0) is 24.1 Å². The molecule has 0 saturated carbocycles. The molecule has 0 atom stereocenters. The Morgan fingerprint density at radius 3 is 2.56 bits per heavy atom. The van der Waals surface area contributed by atoms with Gasteiger partial charge in [-0.2, -0.15) is 0 Å². The molecule has 0 spiro atoms. The second-order valence-corrected chi connectivity index (χ2v) is 8.59. The van der Waals surface area contributed by atoms with E-state index < -0.39 is 0 Å². The second-order valence-electron chi connectivity index (χ2n) is 8.15. The normalized spacial score (nSPS) is 12.3. The third-order valence-electron chi connectivity index (χ3n) is 5.72. The van der Waals surface area contributed by atoms with E-state index in [2.05, 4.69) is 5.32 Å². The number of rotatable bonds is 5. The summed E-state index contributed by atoms with van der Waals surface area (Å²) in [4.78, 5) is 22.5. The average Bonchev–Trinajstić information content (AvgIpc) is 2.84. The third-order valence-corrected chi connectivity index (χ3v) is 5.97. The molecule has 1 heterocycles. The number of aryl methyl sites for hydroxylation is 2. The summed E-state index contributed by atoms with van der Waals surface area (Å²) in [5.41, 5.74) is 5.71. The second kappa shape index (κ2) is 9.57. The lowest BCUT2D eigenvalue weighted by Crippen LogP contribution is -2.19. The van der Waals surface area contributed by atoms with Gasteiger partial charge in [0.05, 0.1) is 17.8 Å². The molecule has 4 nitrogen and oxygen atoms in total. The number of halogens is 2. The minimum Gasteiger partial charge on any atom is -0.309 e. The monoisotopic (exact) mass is 469 g/mol. The number of benzene rings is 3. The van der Waals surface area contributed by atoms with Crippen molar-refractivity contribution < 1.29 is 9.18 Å². The van der Waals surface area contributed by atoms with E-state index in [1.54, 1.807) is 24.3 Å². The minimum atomic E-state index is -0.259. The first kappa shape index (κ1) is 22.0. The molecule has 1 amide bonds. The third kappa shape index (κ3) is 4.90. The fraction of sp³-hybridized carbons (Fsp3) is 0.107. The lowest BCUT2D eigenvalue weighted by Gasteiger charge is -2.20. The summed E-state index contributed by atoms with van der Waals surface area (Å²) >= 11 is 5.95. The van der Waals surface area contributed by atoms with Crippen LogP contribution in [0.3, 0.4) is 0 Å². The molecule has 34 heavy (non-hydrogen) atoms. The van der Waals surface area contributed by atoms with E-state index in [0.29, 0.717) is 29.4 Å². The van der Waals surface area contributed by atoms with E-state index in [1.807, 2.05) is 54.6 Å². The largest absolute Gasteiger partial charge is 0.309 e. The Kier molecular flexibility index (Phi) is 6.19. The molecule has 6 heteroatoms. The van der Waals surface area contributed by atoms with Crippen LogP contribution >= 0.6 is 11.6 Å². The number of amides is 1. The molecular weight excluding hydrogens is 449 g/mol. The zero-order valence-corrected chi connectivity index (χ0v) is 19.0. The molecule has 1 N–H and O–H groups in total. The van der Waals surface area contributed by atoms with Gasteiger partial charge in [-0.1, -0.05) is 60.1 Å². The maximum Gasteiger partial charge on any atom is 0.230 e. The number of fused-ring (bicyclic) bond motifs is 3. The van der Waals surface area contributed by atoms with E-state index in [9.17, 15) is 9.18 Å². The smallest absolute Gasteiger partial charge is 0.230 e. The predicted octanol–water partition coefficient (Wildman–Crippen LogP) is 6.39. The molecule has 0 radical (unpaired) electrons. The van der Waals surface area contributed by atoms with Crippen molar-refractivity contribution in [3.05, 3.63) is 112 Å². The summed E-state index contributed by atoms with van der Waals surface area (Å²) < 4.78 is 13.8. The Bertz CT molecular complexity index is 1390. The van der Waals surface area contributed by atoms with Crippen LogP contribution in [0.1, 0.15) is 28.1 Å². The first-order valence-electron chi connectivity index (χ1n) is 11.0. The van der Waals surface area contributed by atoms with Gasteiger partial charge in [0.15, 0.2) is 5.82 Å². The molecule has 1 aliphatic carbocycles. The van der Waals surface area contributed by atoms with Gasteiger partial charge in [0.25, 0.3) is 0 Å². The molecule has 4 aromatic rings. The molecule has 0 aliphatic heterocycles. The summed E-state index contributed by atoms with van der Waals surface area (Å²) in [6.07, 6.45) is 5.27. The number of carbonyl (C=O) groups excluding carboxylic acids is 1. The van der Waals surface area contributed by atoms with Gasteiger partial charge in [0, 0.05) is 10.6 Å². The standard InChI is InChI=1S/C28H21ClFN3O/c29-21-10-6-19(7-11-21)16-26(34)33-28-25(14-8-18-4-2-1-3-5-18)31-27-23-13-12-22(30)17-20(23)9-15-24(27)32-28/h1-8,10-14,17H,9,15-16H2,(H,32,33,34)/b14-8+. The number of anilines is 1. The van der Waals surface area contributed by atoms with Gasteiger partial charge in [-0.05, 0) is 65.9 Å². The average molecular weight is 470 g/mol. The summed E-state index contributed by atoms with van der Waals surface area (Å²) in [6, 6.07) is 21.8. The number of nitrogens with zero attached hydrogens (tertiary/aromatic N) is 2. The van der Waals surface area contributed by atoms with Gasteiger partial charge in [0.1, 0.15) is 11.5 Å². The Labute approximate surface area is 202 Å². The van der Waals surface area contributed by atoms with E-state index in [-0.39, 0.29) is 18.1 Å². The molecule has 0 bridgehead atoms. The molecule has 0 saturated heterocycles. The van der Waals surface area contributed by atoms with E-state index in [1.165, 1.54) is 6.07 Å². The quantitative estimate of drug-likeness (QED) is 0.368. The number of nitrogens with one attached hydrogen (secondary N) is 1. The summed E-state index contributed by atoms with van der Waals surface area (Å²) in [5.74, 6) is -0.0369. The van der Waals surface area contributed by atoms with Crippen LogP contribution in [0.2, 0.25) is 5.02 Å². The van der Waals surface area contributed by atoms with Crippen molar-refractivity contribution in [3.8, 4) is 11.3 Å². The zero-order valence-electron chi connectivity index (χ0n) is 18.3. The lowest BCUT2D eigenvalue weighted by molar-refractivity contribution is -0.115. The topological polar surface area (TPSA) is 54.9 Å². The minimum absolute atomic E-state index is 0.191. The molecular formula is C28H21ClFN3O. The van der Waals surface area contributed by atoms with Crippen molar-refractivity contribution in [2.45, 2.75) is 19.3 Å². The van der Waals surface area contributed by atoms with Gasteiger partial charge >= 0.3 is 0 Å². The van der Waals surface area contributed by atoms with Crippen LogP contribution in [-0.4, -0.2) is 15.9 Å². The van der Waals surface area contributed by atoms with E-state index >= 15 is 0 Å². The molecule has 168 valence electrons. The van der Waals surface area contributed by atoms with Crippen LogP contribution < -0.4 is 5.32 Å². The van der Waals surface area contributed by atoms with Crippen molar-refractivity contribution in [1.82, 2.24) is 9.97 Å². The molecule has 3 aromatic carbocycles. The van der Waals surface area contributed by atoms with Gasteiger partial charge in [-0.25, -0.2) is 14.4 Å². The van der Waals surface area contributed by atoms with Crippen LogP contribution in [0.25, 0.3) is 23.4 Å². The van der Waals surface area contributed by atoms with Crippen molar-refractivity contribution in [1.29, 1.82) is 0 Å². The highest BCUT2D eigenvalue weighted by Crippen LogP contribution is 2.33. The highest BCUT2D eigenvalue weighted by Gasteiger charge is 2.22. The Hall–Kier alpha value is -3.83. The maximum absolute atomic E-state index is 13.8. The zero-order chi connectivity index (χ0) is 23.5. The Morgan fingerprint density at radius 2 is 1.76 bits per heavy atom.